The van der Waals surface area contributed by atoms with Crippen LogP contribution in [0, 0.1) is 0 Å². The Kier molecular flexibility index (Phi) is 15.4. The van der Waals surface area contributed by atoms with Crippen molar-refractivity contribution in [1.82, 2.24) is 0 Å². The Morgan fingerprint density at radius 3 is 2.25 bits per heavy atom. The average Bonchev–Trinajstić information content (AvgIpc) is 2.07. The summed E-state index contributed by atoms with van der Waals surface area (Å²) in [6, 6.07) is 0. The third-order valence-corrected chi connectivity index (χ3v) is 1.43. The van der Waals surface area contributed by atoms with E-state index in [0.29, 0.717) is 0 Å². The van der Waals surface area contributed by atoms with Gasteiger partial charge in [0.15, 0.2) is 0 Å². The monoisotopic (exact) mass is 192 g/mol. The second-order valence-electron chi connectivity index (χ2n) is 2.29. The first kappa shape index (κ1) is 14.0. The third-order valence-electron chi connectivity index (χ3n) is 1.16. The van der Waals surface area contributed by atoms with Gasteiger partial charge < -0.3 is 5.11 Å². The molecule has 0 bridgehead atoms. The highest BCUT2D eigenvalue weighted by atomic mass is 35.5. The molecule has 0 saturated carbocycles. The molecule has 0 unspecified atom stereocenters. The second kappa shape index (κ2) is 13.1. The van der Waals surface area contributed by atoms with Crippen LogP contribution in [0.5, 0.6) is 0 Å². The molecule has 0 fully saturated rings. The summed E-state index contributed by atoms with van der Waals surface area (Å²) in [4.78, 5) is 9.25. The lowest BCUT2D eigenvalue weighted by Gasteiger charge is -1.89. The Morgan fingerprint density at radius 2 is 2.00 bits per heavy atom. The van der Waals surface area contributed by atoms with Crippen LogP contribution in [0.15, 0.2) is 12.7 Å². The van der Waals surface area contributed by atoms with E-state index in [9.17, 15) is 4.79 Å². The number of carboxylic acid groups (broad SMARTS) is 1. The van der Waals surface area contributed by atoms with Crippen molar-refractivity contribution in [3.63, 3.8) is 0 Å². The molecule has 0 aliphatic carbocycles. The SMILES string of the molecule is C=CC(=O)O.CCCCCCCl. The summed E-state index contributed by atoms with van der Waals surface area (Å²) in [5, 5.41) is 7.60. The van der Waals surface area contributed by atoms with E-state index in [1.807, 2.05) is 0 Å². The zero-order chi connectivity index (χ0) is 9.82. The second-order valence-corrected chi connectivity index (χ2v) is 2.67. The molecular weight excluding hydrogens is 176 g/mol. The molecule has 0 radical (unpaired) electrons. The predicted molar refractivity (Wildman–Crippen MR) is 52.7 cm³/mol. The number of carbonyl (C=O) groups is 1. The van der Waals surface area contributed by atoms with Crippen molar-refractivity contribution in [2.75, 3.05) is 5.88 Å². The van der Waals surface area contributed by atoms with Crippen LogP contribution < -0.4 is 0 Å². The van der Waals surface area contributed by atoms with E-state index < -0.39 is 5.97 Å². The fourth-order valence-corrected chi connectivity index (χ4v) is 0.710. The Hall–Kier alpha value is -0.500. The lowest BCUT2D eigenvalue weighted by atomic mass is 10.2. The number of carboxylic acids is 1. The number of rotatable bonds is 5. The van der Waals surface area contributed by atoms with E-state index in [4.69, 9.17) is 16.7 Å². The van der Waals surface area contributed by atoms with E-state index in [2.05, 4.69) is 13.5 Å². The summed E-state index contributed by atoms with van der Waals surface area (Å²) in [7, 11) is 0. The van der Waals surface area contributed by atoms with Crippen LogP contribution in [0.25, 0.3) is 0 Å². The fourth-order valence-electron chi connectivity index (χ4n) is 0.521. The van der Waals surface area contributed by atoms with Gasteiger partial charge in [-0.05, 0) is 6.42 Å². The molecular formula is C9H17ClO2. The van der Waals surface area contributed by atoms with Gasteiger partial charge in [-0.3, -0.25) is 0 Å². The van der Waals surface area contributed by atoms with Crippen molar-refractivity contribution >= 4 is 17.6 Å². The van der Waals surface area contributed by atoms with Gasteiger partial charge in [0, 0.05) is 12.0 Å². The minimum Gasteiger partial charge on any atom is -0.478 e. The van der Waals surface area contributed by atoms with Gasteiger partial charge in [-0.1, -0.05) is 32.8 Å². The molecule has 0 rings (SSSR count). The van der Waals surface area contributed by atoms with E-state index in [0.717, 1.165) is 12.0 Å². The molecule has 0 heterocycles. The van der Waals surface area contributed by atoms with Crippen LogP contribution >= 0.6 is 11.6 Å². The number of unbranched alkanes of at least 4 members (excludes halogenated alkanes) is 3. The lowest BCUT2D eigenvalue weighted by Crippen LogP contribution is -1.82. The van der Waals surface area contributed by atoms with Crippen LogP contribution in [-0.2, 0) is 4.79 Å². The molecule has 0 aliphatic heterocycles. The Balaban J connectivity index is 0. The van der Waals surface area contributed by atoms with Crippen LogP contribution in [0.3, 0.4) is 0 Å². The van der Waals surface area contributed by atoms with Crippen LogP contribution in [0.2, 0.25) is 0 Å². The Labute approximate surface area is 79.2 Å². The van der Waals surface area contributed by atoms with Crippen molar-refractivity contribution in [1.29, 1.82) is 0 Å². The standard InChI is InChI=1S/C6H13Cl.C3H4O2/c1-2-3-4-5-6-7;1-2-3(4)5/h2-6H2,1H3;2H,1H2,(H,4,5). The Bertz CT molecular complexity index is 109. The number of alkyl halides is 1. The molecule has 0 aromatic carbocycles. The molecule has 3 heteroatoms. The maximum absolute atomic E-state index is 9.25. The predicted octanol–water partition coefficient (Wildman–Crippen LogP) is 3.06. The normalized spacial score (nSPS) is 8.17. The number of hydrogen-bond acceptors (Lipinski definition) is 1. The summed E-state index contributed by atoms with van der Waals surface area (Å²) in [5.74, 6) is -0.148. The molecule has 2 nitrogen and oxygen atoms in total. The van der Waals surface area contributed by atoms with Crippen molar-refractivity contribution in [3.05, 3.63) is 12.7 Å². The smallest absolute Gasteiger partial charge is 0.327 e. The lowest BCUT2D eigenvalue weighted by molar-refractivity contribution is -0.131. The zero-order valence-electron chi connectivity index (χ0n) is 7.55. The van der Waals surface area contributed by atoms with Crippen molar-refractivity contribution in [2.24, 2.45) is 0 Å². The van der Waals surface area contributed by atoms with Crippen molar-refractivity contribution in [2.45, 2.75) is 32.6 Å². The first-order valence-corrected chi connectivity index (χ1v) is 4.63. The van der Waals surface area contributed by atoms with E-state index in [1.165, 1.54) is 25.7 Å². The average molecular weight is 193 g/mol. The molecule has 72 valence electrons. The highest BCUT2D eigenvalue weighted by Gasteiger charge is 1.81. The van der Waals surface area contributed by atoms with Crippen LogP contribution in [0.1, 0.15) is 32.6 Å². The molecule has 12 heavy (non-hydrogen) atoms. The van der Waals surface area contributed by atoms with Crippen molar-refractivity contribution < 1.29 is 9.90 Å². The van der Waals surface area contributed by atoms with Crippen LogP contribution in [-0.4, -0.2) is 17.0 Å². The minimum atomic E-state index is -0.981. The molecule has 0 amide bonds. The number of hydrogen-bond donors (Lipinski definition) is 1. The first-order valence-electron chi connectivity index (χ1n) is 4.10. The first-order chi connectivity index (χ1) is 5.68. The number of aliphatic carboxylic acids is 1. The summed E-state index contributed by atoms with van der Waals surface area (Å²) in [6.07, 6.45) is 5.97. The van der Waals surface area contributed by atoms with Gasteiger partial charge in [-0.2, -0.15) is 0 Å². The molecule has 0 aliphatic rings. The van der Waals surface area contributed by atoms with Gasteiger partial charge in [0.25, 0.3) is 0 Å². The van der Waals surface area contributed by atoms with E-state index in [1.54, 1.807) is 0 Å². The Morgan fingerprint density at radius 1 is 1.50 bits per heavy atom. The summed E-state index contributed by atoms with van der Waals surface area (Å²) < 4.78 is 0. The molecule has 1 N–H and O–H groups in total. The third kappa shape index (κ3) is 22.7. The topological polar surface area (TPSA) is 37.3 Å². The van der Waals surface area contributed by atoms with Gasteiger partial charge in [0.05, 0.1) is 0 Å². The molecule has 0 aromatic rings. The molecule has 0 saturated heterocycles. The summed E-state index contributed by atoms with van der Waals surface area (Å²) in [6.45, 7) is 5.16. The van der Waals surface area contributed by atoms with Gasteiger partial charge in [-0.15, -0.1) is 11.6 Å². The van der Waals surface area contributed by atoms with Crippen molar-refractivity contribution in [3.8, 4) is 0 Å². The van der Waals surface area contributed by atoms with Gasteiger partial charge in [-0.25, -0.2) is 4.79 Å². The fraction of sp³-hybridized carbons (Fsp3) is 0.667. The van der Waals surface area contributed by atoms with E-state index in [-0.39, 0.29) is 0 Å². The maximum atomic E-state index is 9.25. The minimum absolute atomic E-state index is 0.833. The molecule has 0 atom stereocenters. The van der Waals surface area contributed by atoms with Gasteiger partial charge >= 0.3 is 5.97 Å². The highest BCUT2D eigenvalue weighted by molar-refractivity contribution is 6.17. The van der Waals surface area contributed by atoms with E-state index >= 15 is 0 Å². The largest absolute Gasteiger partial charge is 0.478 e. The summed E-state index contributed by atoms with van der Waals surface area (Å²) >= 11 is 5.44. The van der Waals surface area contributed by atoms with Crippen LogP contribution in [0.4, 0.5) is 0 Å². The maximum Gasteiger partial charge on any atom is 0.327 e. The van der Waals surface area contributed by atoms with Gasteiger partial charge in [0.1, 0.15) is 0 Å². The summed E-state index contributed by atoms with van der Waals surface area (Å²) in [5.41, 5.74) is 0. The molecule has 0 aromatic heterocycles. The quantitative estimate of drug-likeness (QED) is 0.413. The van der Waals surface area contributed by atoms with Gasteiger partial charge in [0.2, 0.25) is 0 Å². The number of halogens is 1. The zero-order valence-corrected chi connectivity index (χ0v) is 8.31. The highest BCUT2D eigenvalue weighted by Crippen LogP contribution is 1.98. The molecule has 0 spiro atoms.